The highest BCUT2D eigenvalue weighted by Crippen LogP contribution is 2.24. The van der Waals surface area contributed by atoms with E-state index < -0.39 is 21.4 Å². The zero-order valence-corrected chi connectivity index (χ0v) is 10.0. The van der Waals surface area contributed by atoms with Gasteiger partial charge in [0.25, 0.3) is 15.0 Å². The van der Waals surface area contributed by atoms with Crippen molar-refractivity contribution in [1.29, 1.82) is 0 Å². The number of carbonyl (C=O) groups is 1. The summed E-state index contributed by atoms with van der Waals surface area (Å²) in [6.07, 6.45) is -3.09. The van der Waals surface area contributed by atoms with E-state index in [-0.39, 0.29) is 10.8 Å². The van der Waals surface area contributed by atoms with Crippen LogP contribution in [0.15, 0.2) is 16.3 Å². The van der Waals surface area contributed by atoms with Crippen LogP contribution in [0, 0.1) is 0 Å². The molecule has 9 heteroatoms. The van der Waals surface area contributed by atoms with E-state index in [1.165, 1.54) is 12.1 Å². The highest BCUT2D eigenvalue weighted by Gasteiger charge is 2.16. The summed E-state index contributed by atoms with van der Waals surface area (Å²) < 4.78 is 45.2. The number of hydrogen-bond acceptors (Lipinski definition) is 4. The minimum absolute atomic E-state index is 0.0875. The molecule has 16 heavy (non-hydrogen) atoms. The number of hydrogen-bond donors (Lipinski definition) is 1. The van der Waals surface area contributed by atoms with E-state index >= 15 is 0 Å². The molecule has 0 saturated carbocycles. The molecule has 0 spiro atoms. The van der Waals surface area contributed by atoms with E-state index in [4.69, 9.17) is 10.7 Å². The molecule has 90 valence electrons. The molecule has 0 bridgehead atoms. The predicted octanol–water partition coefficient (Wildman–Crippen LogP) is 1.56. The quantitative estimate of drug-likeness (QED) is 0.856. The standard InChI is InChI=1S/C7H6ClF2NO3S2/c8-16(13,14)5-2-1-4(15-5)3-11-7(12)6(9)10/h1-2,6H,3H2,(H,11,12). The Morgan fingerprint density at radius 1 is 1.50 bits per heavy atom. The fourth-order valence-electron chi connectivity index (χ4n) is 0.836. The maximum Gasteiger partial charge on any atom is 0.315 e. The van der Waals surface area contributed by atoms with Gasteiger partial charge in [-0.2, -0.15) is 8.78 Å². The lowest BCUT2D eigenvalue weighted by atomic mass is 10.4. The third-order valence-corrected chi connectivity index (χ3v) is 4.69. The molecule has 0 fully saturated rings. The lowest BCUT2D eigenvalue weighted by Crippen LogP contribution is -2.28. The first-order valence-electron chi connectivity index (χ1n) is 3.90. The first-order valence-corrected chi connectivity index (χ1v) is 7.02. The van der Waals surface area contributed by atoms with Gasteiger partial charge in [0.1, 0.15) is 4.21 Å². The Morgan fingerprint density at radius 3 is 2.56 bits per heavy atom. The normalized spacial score (nSPS) is 11.8. The Kier molecular flexibility index (Phi) is 4.22. The zero-order valence-electron chi connectivity index (χ0n) is 7.61. The van der Waals surface area contributed by atoms with Crippen molar-refractivity contribution in [3.63, 3.8) is 0 Å². The molecule has 0 radical (unpaired) electrons. The van der Waals surface area contributed by atoms with E-state index in [9.17, 15) is 22.0 Å². The van der Waals surface area contributed by atoms with E-state index in [1.807, 2.05) is 5.32 Å². The maximum absolute atomic E-state index is 11.8. The van der Waals surface area contributed by atoms with Crippen LogP contribution in [0.4, 0.5) is 8.78 Å². The zero-order chi connectivity index (χ0) is 12.3. The molecule has 1 N–H and O–H groups in total. The topological polar surface area (TPSA) is 63.2 Å². The number of halogens is 3. The van der Waals surface area contributed by atoms with Crippen molar-refractivity contribution < 1.29 is 22.0 Å². The first-order chi connectivity index (χ1) is 7.30. The molecule has 0 aromatic carbocycles. The maximum atomic E-state index is 11.8. The monoisotopic (exact) mass is 289 g/mol. The van der Waals surface area contributed by atoms with Gasteiger partial charge in [0.05, 0.1) is 6.54 Å². The Bertz CT molecular complexity index is 486. The van der Waals surface area contributed by atoms with E-state index in [0.29, 0.717) is 4.88 Å². The lowest BCUT2D eigenvalue weighted by molar-refractivity contribution is -0.131. The van der Waals surface area contributed by atoms with Gasteiger partial charge in [0, 0.05) is 15.6 Å². The van der Waals surface area contributed by atoms with Crippen LogP contribution >= 0.6 is 22.0 Å². The van der Waals surface area contributed by atoms with Crippen LogP contribution in [-0.2, 0) is 20.4 Å². The van der Waals surface area contributed by atoms with Crippen LogP contribution in [-0.4, -0.2) is 20.8 Å². The Hall–Kier alpha value is -0.730. The van der Waals surface area contributed by atoms with Crippen LogP contribution < -0.4 is 5.32 Å². The van der Waals surface area contributed by atoms with Gasteiger partial charge in [0.15, 0.2) is 0 Å². The van der Waals surface area contributed by atoms with Crippen molar-refractivity contribution in [2.45, 2.75) is 17.2 Å². The summed E-state index contributed by atoms with van der Waals surface area (Å²) in [5.74, 6) is -1.40. The number of alkyl halides is 2. The summed E-state index contributed by atoms with van der Waals surface area (Å²) in [5, 5.41) is 1.95. The van der Waals surface area contributed by atoms with E-state index in [0.717, 1.165) is 11.3 Å². The molecule has 1 heterocycles. The van der Waals surface area contributed by atoms with Gasteiger partial charge < -0.3 is 5.32 Å². The fourth-order valence-corrected chi connectivity index (χ4v) is 2.90. The summed E-state index contributed by atoms with van der Waals surface area (Å²) in [4.78, 5) is 10.9. The van der Waals surface area contributed by atoms with Gasteiger partial charge in [-0.3, -0.25) is 4.79 Å². The molecule has 0 aliphatic heterocycles. The fraction of sp³-hybridized carbons (Fsp3) is 0.286. The lowest BCUT2D eigenvalue weighted by Gasteiger charge is -2.01. The molecule has 1 amide bonds. The Morgan fingerprint density at radius 2 is 2.12 bits per heavy atom. The van der Waals surface area contributed by atoms with Gasteiger partial charge in [0.2, 0.25) is 0 Å². The molecule has 4 nitrogen and oxygen atoms in total. The van der Waals surface area contributed by atoms with Crippen molar-refractivity contribution in [3.8, 4) is 0 Å². The molecule has 0 unspecified atom stereocenters. The summed E-state index contributed by atoms with van der Waals surface area (Å²) in [5.41, 5.74) is 0. The average Bonchev–Trinajstić information content (AvgIpc) is 2.61. The molecule has 1 rings (SSSR count). The summed E-state index contributed by atoms with van der Waals surface area (Å²) in [6, 6.07) is 2.64. The minimum Gasteiger partial charge on any atom is -0.346 e. The summed E-state index contributed by atoms with van der Waals surface area (Å²) >= 11 is 0.814. The van der Waals surface area contributed by atoms with Crippen molar-refractivity contribution in [2.75, 3.05) is 0 Å². The van der Waals surface area contributed by atoms with Gasteiger partial charge in [-0.1, -0.05) is 0 Å². The number of rotatable bonds is 4. The van der Waals surface area contributed by atoms with Crippen LogP contribution in [0.25, 0.3) is 0 Å². The average molecular weight is 290 g/mol. The van der Waals surface area contributed by atoms with Crippen LogP contribution in [0.1, 0.15) is 4.88 Å². The number of carbonyl (C=O) groups excluding carboxylic acids is 1. The van der Waals surface area contributed by atoms with Gasteiger partial charge in [-0.25, -0.2) is 8.42 Å². The molecular weight excluding hydrogens is 284 g/mol. The molecule has 0 atom stereocenters. The summed E-state index contributed by atoms with van der Waals surface area (Å²) in [7, 11) is 1.25. The van der Waals surface area contributed by atoms with Crippen molar-refractivity contribution in [3.05, 3.63) is 17.0 Å². The molecule has 1 aromatic rings. The van der Waals surface area contributed by atoms with Crippen LogP contribution in [0.3, 0.4) is 0 Å². The van der Waals surface area contributed by atoms with Gasteiger partial charge >= 0.3 is 6.43 Å². The molecule has 1 aromatic heterocycles. The van der Waals surface area contributed by atoms with Gasteiger partial charge in [-0.05, 0) is 12.1 Å². The second kappa shape index (κ2) is 5.07. The summed E-state index contributed by atoms with van der Waals surface area (Å²) in [6.45, 7) is -0.153. The number of amides is 1. The highest BCUT2D eigenvalue weighted by atomic mass is 35.7. The highest BCUT2D eigenvalue weighted by molar-refractivity contribution is 8.15. The molecule has 0 saturated heterocycles. The number of thiophene rings is 1. The van der Waals surface area contributed by atoms with Crippen molar-refractivity contribution >= 4 is 37.0 Å². The van der Waals surface area contributed by atoms with E-state index in [1.54, 1.807) is 0 Å². The number of nitrogens with one attached hydrogen (secondary N) is 1. The van der Waals surface area contributed by atoms with Crippen molar-refractivity contribution in [1.82, 2.24) is 5.32 Å². The Labute approximate surface area is 98.6 Å². The van der Waals surface area contributed by atoms with Gasteiger partial charge in [-0.15, -0.1) is 11.3 Å². The SMILES string of the molecule is O=C(NCc1ccc(S(=O)(=O)Cl)s1)C(F)F. The third kappa shape index (κ3) is 3.69. The predicted molar refractivity (Wildman–Crippen MR) is 55.2 cm³/mol. The third-order valence-electron chi connectivity index (χ3n) is 1.51. The second-order valence-corrected chi connectivity index (χ2v) is 6.64. The smallest absolute Gasteiger partial charge is 0.315 e. The van der Waals surface area contributed by atoms with Crippen LogP contribution in [0.5, 0.6) is 0 Å². The van der Waals surface area contributed by atoms with Crippen molar-refractivity contribution in [2.24, 2.45) is 0 Å². The largest absolute Gasteiger partial charge is 0.346 e. The second-order valence-electron chi connectivity index (χ2n) is 2.68. The first kappa shape index (κ1) is 13.3. The van der Waals surface area contributed by atoms with Crippen LogP contribution in [0.2, 0.25) is 0 Å². The minimum atomic E-state index is -3.81. The molecular formula is C7H6ClF2NO3S2. The Balaban J connectivity index is 2.64. The molecule has 0 aliphatic rings. The molecule has 0 aliphatic carbocycles. The van der Waals surface area contributed by atoms with E-state index in [2.05, 4.69) is 0 Å².